The van der Waals surface area contributed by atoms with Crippen molar-refractivity contribution >= 4 is 11.6 Å². The van der Waals surface area contributed by atoms with Gasteiger partial charge in [-0.1, -0.05) is 6.07 Å². The number of carbonyl (C=O) groups is 1. The van der Waals surface area contributed by atoms with Crippen LogP contribution in [0, 0.1) is 13.8 Å². The number of hydrogen-bond acceptors (Lipinski definition) is 4. The highest BCUT2D eigenvalue weighted by Gasteiger charge is 2.16. The Kier molecular flexibility index (Phi) is 4.47. The average Bonchev–Trinajstić information content (AvgIpc) is 2.83. The third-order valence-corrected chi connectivity index (χ3v) is 3.12. The second-order valence-electron chi connectivity index (χ2n) is 5.10. The third kappa shape index (κ3) is 3.75. The Hall–Kier alpha value is -2.50. The SMILES string of the molecule is Cc1cc(C)cc(OCCN(C)C(=O)c2[nH]ncc2N)c1. The molecular formula is C15H20N4O2. The highest BCUT2D eigenvalue weighted by molar-refractivity contribution is 5.96. The predicted octanol–water partition coefficient (Wildman–Crippen LogP) is 1.76. The van der Waals surface area contributed by atoms with Gasteiger partial charge in [-0.2, -0.15) is 5.10 Å². The summed E-state index contributed by atoms with van der Waals surface area (Å²) in [7, 11) is 1.70. The van der Waals surface area contributed by atoms with Gasteiger partial charge in [0.25, 0.3) is 5.91 Å². The van der Waals surface area contributed by atoms with Crippen LogP contribution in [0.25, 0.3) is 0 Å². The molecule has 0 saturated carbocycles. The van der Waals surface area contributed by atoms with E-state index < -0.39 is 0 Å². The number of anilines is 1. The van der Waals surface area contributed by atoms with Gasteiger partial charge in [0.05, 0.1) is 18.4 Å². The molecule has 0 spiro atoms. The van der Waals surface area contributed by atoms with E-state index in [1.165, 1.54) is 6.20 Å². The quantitative estimate of drug-likeness (QED) is 0.878. The Morgan fingerprint density at radius 3 is 2.57 bits per heavy atom. The molecule has 1 aromatic heterocycles. The summed E-state index contributed by atoms with van der Waals surface area (Å²) in [5.74, 6) is 0.614. The van der Waals surface area contributed by atoms with Gasteiger partial charge in [0.15, 0.2) is 0 Å². The largest absolute Gasteiger partial charge is 0.492 e. The lowest BCUT2D eigenvalue weighted by molar-refractivity contribution is 0.0769. The zero-order chi connectivity index (χ0) is 15.4. The van der Waals surface area contributed by atoms with Crippen molar-refractivity contribution in [1.82, 2.24) is 15.1 Å². The Labute approximate surface area is 123 Å². The van der Waals surface area contributed by atoms with Crippen molar-refractivity contribution in [3.8, 4) is 5.75 Å². The maximum Gasteiger partial charge on any atom is 0.273 e. The summed E-state index contributed by atoms with van der Waals surface area (Å²) in [6, 6.07) is 6.03. The molecule has 0 fully saturated rings. The molecule has 21 heavy (non-hydrogen) atoms. The lowest BCUT2D eigenvalue weighted by Gasteiger charge is -2.17. The van der Waals surface area contributed by atoms with E-state index in [-0.39, 0.29) is 5.91 Å². The molecule has 112 valence electrons. The van der Waals surface area contributed by atoms with Gasteiger partial charge >= 0.3 is 0 Å². The number of hydrogen-bond donors (Lipinski definition) is 2. The fourth-order valence-electron chi connectivity index (χ4n) is 2.08. The van der Waals surface area contributed by atoms with Crippen LogP contribution in [0.4, 0.5) is 5.69 Å². The standard InChI is InChI=1S/C15H20N4O2/c1-10-6-11(2)8-12(7-10)21-5-4-19(3)15(20)14-13(16)9-17-18-14/h6-9H,4-5,16H2,1-3H3,(H,17,18). The Morgan fingerprint density at radius 2 is 2.00 bits per heavy atom. The first-order valence-electron chi connectivity index (χ1n) is 6.73. The number of nitrogens with zero attached hydrogens (tertiary/aromatic N) is 2. The van der Waals surface area contributed by atoms with Crippen LogP contribution in [0.2, 0.25) is 0 Å². The number of ether oxygens (including phenoxy) is 1. The minimum Gasteiger partial charge on any atom is -0.492 e. The van der Waals surface area contributed by atoms with E-state index in [2.05, 4.69) is 16.3 Å². The first kappa shape index (κ1) is 14.9. The Balaban J connectivity index is 1.88. The van der Waals surface area contributed by atoms with E-state index >= 15 is 0 Å². The van der Waals surface area contributed by atoms with Crippen LogP contribution in [0.3, 0.4) is 0 Å². The van der Waals surface area contributed by atoms with Gasteiger partial charge in [-0.3, -0.25) is 9.89 Å². The molecule has 0 atom stereocenters. The van der Waals surface area contributed by atoms with Gasteiger partial charge in [0, 0.05) is 7.05 Å². The van der Waals surface area contributed by atoms with E-state index in [1.807, 2.05) is 26.0 Å². The number of benzene rings is 1. The van der Waals surface area contributed by atoms with Gasteiger partial charge in [0.1, 0.15) is 18.1 Å². The zero-order valence-electron chi connectivity index (χ0n) is 12.5. The molecule has 1 aromatic carbocycles. The van der Waals surface area contributed by atoms with Crippen LogP contribution in [0.15, 0.2) is 24.4 Å². The number of nitrogen functional groups attached to an aromatic ring is 1. The molecule has 2 rings (SSSR count). The molecule has 3 N–H and O–H groups in total. The van der Waals surface area contributed by atoms with E-state index in [0.717, 1.165) is 16.9 Å². The smallest absolute Gasteiger partial charge is 0.273 e. The highest BCUT2D eigenvalue weighted by atomic mass is 16.5. The van der Waals surface area contributed by atoms with E-state index in [1.54, 1.807) is 11.9 Å². The molecule has 1 heterocycles. The van der Waals surface area contributed by atoms with Crippen LogP contribution in [0.5, 0.6) is 5.75 Å². The molecule has 6 heteroatoms. The average molecular weight is 288 g/mol. The number of likely N-dealkylation sites (N-methyl/N-ethyl adjacent to an activating group) is 1. The molecule has 2 aromatic rings. The minimum atomic E-state index is -0.200. The number of rotatable bonds is 5. The topological polar surface area (TPSA) is 84.2 Å². The summed E-state index contributed by atoms with van der Waals surface area (Å²) in [4.78, 5) is 13.6. The van der Waals surface area contributed by atoms with Crippen molar-refractivity contribution in [2.45, 2.75) is 13.8 Å². The van der Waals surface area contributed by atoms with Gasteiger partial charge in [-0.05, 0) is 37.1 Å². The van der Waals surface area contributed by atoms with Crippen molar-refractivity contribution in [1.29, 1.82) is 0 Å². The monoisotopic (exact) mass is 288 g/mol. The highest BCUT2D eigenvalue weighted by Crippen LogP contribution is 2.16. The number of amides is 1. The molecule has 0 aliphatic rings. The fourth-order valence-corrected chi connectivity index (χ4v) is 2.08. The number of aromatic nitrogens is 2. The summed E-state index contributed by atoms with van der Waals surface area (Å²) in [5, 5.41) is 6.35. The molecule has 0 radical (unpaired) electrons. The van der Waals surface area contributed by atoms with Crippen molar-refractivity contribution < 1.29 is 9.53 Å². The van der Waals surface area contributed by atoms with Crippen LogP contribution >= 0.6 is 0 Å². The maximum absolute atomic E-state index is 12.1. The van der Waals surface area contributed by atoms with Gasteiger partial charge in [-0.15, -0.1) is 0 Å². The number of nitrogens with two attached hydrogens (primary N) is 1. The van der Waals surface area contributed by atoms with E-state index in [0.29, 0.717) is 24.5 Å². The number of carbonyl (C=O) groups excluding carboxylic acids is 1. The summed E-state index contributed by atoms with van der Waals surface area (Å²) in [6.07, 6.45) is 1.42. The molecular weight excluding hydrogens is 268 g/mol. The van der Waals surface area contributed by atoms with E-state index in [4.69, 9.17) is 10.5 Å². The number of H-pyrrole nitrogens is 1. The summed E-state index contributed by atoms with van der Waals surface area (Å²) in [6.45, 7) is 4.93. The molecule has 0 aliphatic heterocycles. The van der Waals surface area contributed by atoms with Gasteiger partial charge in [-0.25, -0.2) is 0 Å². The first-order chi connectivity index (χ1) is 9.97. The first-order valence-corrected chi connectivity index (χ1v) is 6.73. The maximum atomic E-state index is 12.1. The molecule has 0 bridgehead atoms. The predicted molar refractivity (Wildman–Crippen MR) is 81.4 cm³/mol. The van der Waals surface area contributed by atoms with E-state index in [9.17, 15) is 4.79 Å². The second kappa shape index (κ2) is 6.30. The van der Waals surface area contributed by atoms with Crippen molar-refractivity contribution in [3.63, 3.8) is 0 Å². The van der Waals surface area contributed by atoms with Crippen molar-refractivity contribution in [2.24, 2.45) is 0 Å². The number of aryl methyl sites for hydroxylation is 2. The van der Waals surface area contributed by atoms with Crippen LogP contribution in [-0.4, -0.2) is 41.2 Å². The molecule has 0 saturated heterocycles. The second-order valence-corrected chi connectivity index (χ2v) is 5.10. The Bertz CT molecular complexity index is 616. The van der Waals surface area contributed by atoms with Crippen LogP contribution < -0.4 is 10.5 Å². The normalized spacial score (nSPS) is 10.4. The summed E-state index contributed by atoms with van der Waals surface area (Å²) >= 11 is 0. The molecule has 1 amide bonds. The van der Waals surface area contributed by atoms with Crippen LogP contribution in [-0.2, 0) is 0 Å². The lowest BCUT2D eigenvalue weighted by Crippen LogP contribution is -2.31. The summed E-state index contributed by atoms with van der Waals surface area (Å²) < 4.78 is 5.69. The Morgan fingerprint density at radius 1 is 1.33 bits per heavy atom. The minimum absolute atomic E-state index is 0.200. The van der Waals surface area contributed by atoms with Crippen molar-refractivity contribution in [2.75, 3.05) is 25.9 Å². The zero-order valence-corrected chi connectivity index (χ0v) is 12.5. The van der Waals surface area contributed by atoms with Gasteiger partial charge in [0.2, 0.25) is 0 Å². The number of nitrogens with one attached hydrogen (secondary N) is 1. The van der Waals surface area contributed by atoms with Gasteiger partial charge < -0.3 is 15.4 Å². The number of aromatic amines is 1. The fraction of sp³-hybridized carbons (Fsp3) is 0.333. The molecule has 6 nitrogen and oxygen atoms in total. The van der Waals surface area contributed by atoms with Crippen molar-refractivity contribution in [3.05, 3.63) is 41.2 Å². The molecule has 0 aliphatic carbocycles. The lowest BCUT2D eigenvalue weighted by atomic mass is 10.1. The van der Waals surface area contributed by atoms with Crippen LogP contribution in [0.1, 0.15) is 21.6 Å². The third-order valence-electron chi connectivity index (χ3n) is 3.12. The summed E-state index contributed by atoms with van der Waals surface area (Å²) in [5.41, 5.74) is 8.62. The molecule has 0 unspecified atom stereocenters.